The van der Waals surface area contributed by atoms with Crippen LogP contribution in [0.3, 0.4) is 0 Å². The topological polar surface area (TPSA) is 108 Å². The first-order valence-corrected chi connectivity index (χ1v) is 11.8. The molecule has 1 saturated carbocycles. The molecule has 38 heavy (non-hydrogen) atoms. The zero-order valence-electron chi connectivity index (χ0n) is 19.8. The molecular weight excluding hydrogens is 508 g/mol. The maximum Gasteiger partial charge on any atom is 0.401 e. The summed E-state index contributed by atoms with van der Waals surface area (Å²) in [7, 11) is 0. The Bertz CT molecular complexity index is 1510. The first-order valence-electron chi connectivity index (χ1n) is 11.8. The number of carbonyl (C=O) groups is 1. The zero-order chi connectivity index (χ0) is 26.5. The van der Waals surface area contributed by atoms with E-state index in [1.165, 1.54) is 12.1 Å². The second kappa shape index (κ2) is 8.92. The molecule has 9 nitrogen and oxygen atoms in total. The van der Waals surface area contributed by atoms with Crippen LogP contribution in [0.25, 0.3) is 11.1 Å². The SMILES string of the molecule is O=C(Cc1ccc(-c2cnc(Cc3cnn4c3OCC4)nc2)cc1F)Nc1cc(C2(C(F)(F)F)CC2)on1. The van der Waals surface area contributed by atoms with Crippen molar-refractivity contribution in [1.82, 2.24) is 24.9 Å². The number of fused-ring (bicyclic) bond motifs is 1. The van der Waals surface area contributed by atoms with Gasteiger partial charge in [-0.2, -0.15) is 18.3 Å². The summed E-state index contributed by atoms with van der Waals surface area (Å²) in [6, 6.07) is 5.43. The van der Waals surface area contributed by atoms with Gasteiger partial charge in [-0.15, -0.1) is 0 Å². The van der Waals surface area contributed by atoms with Crippen LogP contribution in [-0.4, -0.2) is 43.6 Å². The highest BCUT2D eigenvalue weighted by Gasteiger charge is 2.66. The van der Waals surface area contributed by atoms with E-state index in [1.54, 1.807) is 29.3 Å². The van der Waals surface area contributed by atoms with Crippen molar-refractivity contribution in [2.45, 2.75) is 43.8 Å². The predicted octanol–water partition coefficient (Wildman–Crippen LogP) is 4.23. The summed E-state index contributed by atoms with van der Waals surface area (Å²) in [5.41, 5.74) is 0.0701. The second-order valence-corrected chi connectivity index (χ2v) is 9.30. The summed E-state index contributed by atoms with van der Waals surface area (Å²) in [4.78, 5) is 21.1. The number of ether oxygens (including phenoxy) is 1. The number of halogens is 4. The van der Waals surface area contributed by atoms with Gasteiger partial charge in [0.1, 0.15) is 23.7 Å². The third-order valence-corrected chi connectivity index (χ3v) is 6.74. The van der Waals surface area contributed by atoms with Crippen LogP contribution >= 0.6 is 0 Å². The Balaban J connectivity index is 1.09. The molecule has 0 unspecified atom stereocenters. The van der Waals surface area contributed by atoms with Gasteiger partial charge < -0.3 is 14.6 Å². The molecule has 0 bridgehead atoms. The molecule has 4 heterocycles. The molecule has 0 atom stereocenters. The van der Waals surface area contributed by atoms with Crippen LogP contribution in [0.2, 0.25) is 0 Å². The molecule has 1 fully saturated rings. The van der Waals surface area contributed by atoms with Gasteiger partial charge >= 0.3 is 6.18 Å². The maximum atomic E-state index is 14.8. The first-order chi connectivity index (χ1) is 18.2. The lowest BCUT2D eigenvalue weighted by Crippen LogP contribution is -2.28. The van der Waals surface area contributed by atoms with Crippen molar-refractivity contribution in [3.63, 3.8) is 0 Å². The third kappa shape index (κ3) is 4.37. The highest BCUT2D eigenvalue weighted by atomic mass is 19.4. The number of alkyl halides is 3. The van der Waals surface area contributed by atoms with E-state index in [-0.39, 0.29) is 36.4 Å². The van der Waals surface area contributed by atoms with Crippen molar-refractivity contribution in [1.29, 1.82) is 0 Å². The third-order valence-electron chi connectivity index (χ3n) is 6.74. The first kappa shape index (κ1) is 24.1. The van der Waals surface area contributed by atoms with Crippen LogP contribution in [0.15, 0.2) is 47.4 Å². The van der Waals surface area contributed by atoms with Crippen molar-refractivity contribution in [2.24, 2.45) is 0 Å². The fourth-order valence-electron chi connectivity index (χ4n) is 4.44. The molecule has 6 rings (SSSR count). The Labute approximate surface area is 212 Å². The second-order valence-electron chi connectivity index (χ2n) is 9.30. The standard InChI is InChI=1S/C25H20F4N6O3/c26-18-7-14(17-11-30-20(31-12-17)8-16-13-32-35-5-6-37-23(16)35)1-2-15(18)9-22(36)33-21-10-19(38-34-21)24(3-4-24)25(27,28)29/h1-2,7,10-13H,3-6,8-9H2,(H,33,34,36). The van der Waals surface area contributed by atoms with Crippen molar-refractivity contribution < 1.29 is 31.6 Å². The van der Waals surface area contributed by atoms with Gasteiger partial charge in [0.15, 0.2) is 11.6 Å². The molecule has 4 aromatic rings. The Morgan fingerprint density at radius 2 is 1.87 bits per heavy atom. The quantitative estimate of drug-likeness (QED) is 0.358. The minimum absolute atomic E-state index is 0.0913. The van der Waals surface area contributed by atoms with E-state index in [4.69, 9.17) is 9.26 Å². The average Bonchev–Trinajstić information content (AvgIpc) is 3.18. The van der Waals surface area contributed by atoms with Gasteiger partial charge in [-0.1, -0.05) is 17.3 Å². The highest BCUT2D eigenvalue weighted by molar-refractivity contribution is 5.91. The van der Waals surface area contributed by atoms with E-state index in [0.29, 0.717) is 36.5 Å². The van der Waals surface area contributed by atoms with Gasteiger partial charge in [0.25, 0.3) is 0 Å². The summed E-state index contributed by atoms with van der Waals surface area (Å²) in [5, 5.41) is 10.1. The molecule has 196 valence electrons. The lowest BCUT2D eigenvalue weighted by molar-refractivity contribution is -0.165. The van der Waals surface area contributed by atoms with Crippen LogP contribution in [0, 0.1) is 5.82 Å². The van der Waals surface area contributed by atoms with Crippen LogP contribution in [0.5, 0.6) is 5.88 Å². The largest absolute Gasteiger partial charge is 0.476 e. The predicted molar refractivity (Wildman–Crippen MR) is 124 cm³/mol. The summed E-state index contributed by atoms with van der Waals surface area (Å²) >= 11 is 0. The van der Waals surface area contributed by atoms with Crippen molar-refractivity contribution in [3.8, 4) is 17.0 Å². The normalized spacial score (nSPS) is 15.7. The molecule has 0 radical (unpaired) electrons. The van der Waals surface area contributed by atoms with Crippen LogP contribution < -0.4 is 10.1 Å². The fourth-order valence-corrected chi connectivity index (χ4v) is 4.44. The fraction of sp³-hybridized carbons (Fsp3) is 0.320. The smallest absolute Gasteiger partial charge is 0.401 e. The molecule has 1 aromatic carbocycles. The Morgan fingerprint density at radius 1 is 1.08 bits per heavy atom. The van der Waals surface area contributed by atoms with Crippen molar-refractivity contribution in [2.75, 3.05) is 11.9 Å². The number of hydrogen-bond acceptors (Lipinski definition) is 7. The zero-order valence-corrected chi connectivity index (χ0v) is 19.8. The molecular formula is C25H20F4N6O3. The number of benzene rings is 1. The molecule has 0 saturated heterocycles. The number of nitrogens with zero attached hydrogens (tertiary/aromatic N) is 5. The van der Waals surface area contributed by atoms with E-state index >= 15 is 0 Å². The van der Waals surface area contributed by atoms with Gasteiger partial charge in [-0.25, -0.2) is 19.0 Å². The Kier molecular flexibility index (Phi) is 5.65. The molecule has 1 N–H and O–H groups in total. The molecule has 1 amide bonds. The van der Waals surface area contributed by atoms with Gasteiger partial charge in [0.05, 0.1) is 19.2 Å². The minimum Gasteiger partial charge on any atom is -0.476 e. The number of carbonyl (C=O) groups excluding carboxylic acids is 1. The summed E-state index contributed by atoms with van der Waals surface area (Å²) in [6.07, 6.45) is 0.364. The molecule has 1 aliphatic carbocycles. The molecule has 3 aromatic heterocycles. The summed E-state index contributed by atoms with van der Waals surface area (Å²) < 4.78 is 66.7. The molecule has 1 aliphatic heterocycles. The maximum absolute atomic E-state index is 14.8. The molecule has 2 aliphatic rings. The van der Waals surface area contributed by atoms with Gasteiger partial charge in [0, 0.05) is 36.0 Å². The van der Waals surface area contributed by atoms with E-state index in [1.807, 2.05) is 0 Å². The average molecular weight is 528 g/mol. The lowest BCUT2D eigenvalue weighted by atomic mass is 10.0. The van der Waals surface area contributed by atoms with Crippen LogP contribution in [0.4, 0.5) is 23.4 Å². The minimum atomic E-state index is -4.46. The number of anilines is 1. The Hall–Kier alpha value is -4.29. The monoisotopic (exact) mass is 528 g/mol. The number of hydrogen-bond donors (Lipinski definition) is 1. The Morgan fingerprint density at radius 3 is 2.58 bits per heavy atom. The van der Waals surface area contributed by atoms with E-state index in [2.05, 4.69) is 25.5 Å². The summed E-state index contributed by atoms with van der Waals surface area (Å²) in [5.74, 6) is -0.473. The van der Waals surface area contributed by atoms with Crippen molar-refractivity contribution in [3.05, 3.63) is 71.4 Å². The van der Waals surface area contributed by atoms with E-state index < -0.39 is 23.3 Å². The van der Waals surface area contributed by atoms with Crippen LogP contribution in [0.1, 0.15) is 35.6 Å². The van der Waals surface area contributed by atoms with Crippen molar-refractivity contribution >= 4 is 11.7 Å². The van der Waals surface area contributed by atoms with Gasteiger partial charge in [-0.3, -0.25) is 4.79 Å². The molecule has 13 heteroatoms. The molecule has 0 spiro atoms. The summed E-state index contributed by atoms with van der Waals surface area (Å²) in [6.45, 7) is 1.30. The number of aromatic nitrogens is 5. The highest BCUT2D eigenvalue weighted by Crippen LogP contribution is 2.59. The number of nitrogens with one attached hydrogen (secondary N) is 1. The van der Waals surface area contributed by atoms with Gasteiger partial charge in [-0.05, 0) is 30.0 Å². The van der Waals surface area contributed by atoms with E-state index in [0.717, 1.165) is 17.5 Å². The van der Waals surface area contributed by atoms with Crippen LogP contribution in [-0.2, 0) is 29.6 Å². The number of amides is 1. The lowest BCUT2D eigenvalue weighted by Gasteiger charge is -2.14. The van der Waals surface area contributed by atoms with Gasteiger partial charge in [0.2, 0.25) is 11.8 Å². The van der Waals surface area contributed by atoms with E-state index in [9.17, 15) is 22.4 Å². The number of rotatable bonds is 7.